The summed E-state index contributed by atoms with van der Waals surface area (Å²) >= 11 is 0. The molecule has 0 radical (unpaired) electrons. The molecule has 0 saturated heterocycles. The summed E-state index contributed by atoms with van der Waals surface area (Å²) in [7, 11) is -2.77. The van der Waals surface area contributed by atoms with E-state index in [9.17, 15) is 22.0 Å². The summed E-state index contributed by atoms with van der Waals surface area (Å²) in [6.07, 6.45) is 0. The van der Waals surface area contributed by atoms with Gasteiger partial charge in [0.15, 0.2) is 21.5 Å². The number of methoxy groups -OCH3 is 1. The SMILES string of the molecule is COC(=O)C(C)(C)CS(=O)(=O)c1ccc(F)c(F)c1. The maximum absolute atomic E-state index is 13.0. The van der Waals surface area contributed by atoms with Crippen LogP contribution in [0.2, 0.25) is 0 Å². The van der Waals surface area contributed by atoms with Crippen LogP contribution in [0.1, 0.15) is 13.8 Å². The highest BCUT2D eigenvalue weighted by molar-refractivity contribution is 7.91. The Kier molecular flexibility index (Phi) is 4.29. The minimum atomic E-state index is -3.92. The first-order valence-corrected chi connectivity index (χ1v) is 7.01. The summed E-state index contributed by atoms with van der Waals surface area (Å²) in [5, 5.41) is 0. The van der Waals surface area contributed by atoms with Crippen molar-refractivity contribution in [3.63, 3.8) is 0 Å². The molecule has 0 amide bonds. The molecule has 0 N–H and O–H groups in total. The lowest BCUT2D eigenvalue weighted by Crippen LogP contribution is -2.33. The number of hydrogen-bond acceptors (Lipinski definition) is 4. The number of carbonyl (C=O) groups is 1. The van der Waals surface area contributed by atoms with Gasteiger partial charge in [-0.1, -0.05) is 0 Å². The van der Waals surface area contributed by atoms with Crippen LogP contribution < -0.4 is 0 Å². The maximum Gasteiger partial charge on any atom is 0.312 e. The van der Waals surface area contributed by atoms with Crippen molar-refractivity contribution in [3.8, 4) is 0 Å². The van der Waals surface area contributed by atoms with Gasteiger partial charge in [-0.3, -0.25) is 4.79 Å². The minimum absolute atomic E-state index is 0.372. The van der Waals surface area contributed by atoms with Crippen molar-refractivity contribution in [3.05, 3.63) is 29.8 Å². The van der Waals surface area contributed by atoms with Gasteiger partial charge in [0.05, 0.1) is 23.2 Å². The molecule has 1 aromatic rings. The van der Waals surface area contributed by atoms with E-state index in [1.807, 2.05) is 0 Å². The second kappa shape index (κ2) is 5.24. The Morgan fingerprint density at radius 2 is 1.84 bits per heavy atom. The molecule has 0 aromatic heterocycles. The Morgan fingerprint density at radius 3 is 2.32 bits per heavy atom. The molecule has 0 bridgehead atoms. The van der Waals surface area contributed by atoms with Gasteiger partial charge in [0.1, 0.15) is 0 Å². The van der Waals surface area contributed by atoms with E-state index in [4.69, 9.17) is 0 Å². The molecule has 0 heterocycles. The second-order valence-corrected chi connectivity index (χ2v) is 6.70. The number of esters is 1. The van der Waals surface area contributed by atoms with Crippen molar-refractivity contribution < 1.29 is 26.7 Å². The number of rotatable bonds is 4. The van der Waals surface area contributed by atoms with Gasteiger partial charge < -0.3 is 4.74 Å². The van der Waals surface area contributed by atoms with Crippen LogP contribution in [-0.2, 0) is 19.4 Å². The van der Waals surface area contributed by atoms with Gasteiger partial charge in [-0.15, -0.1) is 0 Å². The molecule has 19 heavy (non-hydrogen) atoms. The lowest BCUT2D eigenvalue weighted by atomic mass is 9.97. The van der Waals surface area contributed by atoms with Crippen molar-refractivity contribution in [2.24, 2.45) is 5.41 Å². The number of carbonyl (C=O) groups excluding carboxylic acids is 1. The molecule has 4 nitrogen and oxygen atoms in total. The summed E-state index contributed by atoms with van der Waals surface area (Å²) in [6.45, 7) is 2.80. The molecule has 0 aliphatic rings. The van der Waals surface area contributed by atoms with Crippen molar-refractivity contribution in [2.45, 2.75) is 18.7 Å². The Hall–Kier alpha value is -1.50. The van der Waals surface area contributed by atoms with Crippen LogP contribution in [0.25, 0.3) is 0 Å². The molecule has 0 saturated carbocycles. The fourth-order valence-corrected chi connectivity index (χ4v) is 3.36. The predicted molar refractivity (Wildman–Crippen MR) is 64.2 cm³/mol. The second-order valence-electron chi connectivity index (χ2n) is 4.71. The highest BCUT2D eigenvalue weighted by Crippen LogP contribution is 2.25. The van der Waals surface area contributed by atoms with Crippen LogP contribution >= 0.6 is 0 Å². The van der Waals surface area contributed by atoms with Gasteiger partial charge >= 0.3 is 5.97 Å². The number of halogens is 2. The van der Waals surface area contributed by atoms with E-state index < -0.39 is 38.6 Å². The number of benzene rings is 1. The highest BCUT2D eigenvalue weighted by Gasteiger charge is 2.35. The number of ether oxygens (including phenoxy) is 1. The van der Waals surface area contributed by atoms with Gasteiger partial charge in [-0.2, -0.15) is 0 Å². The molecule has 0 fully saturated rings. The molecule has 0 spiro atoms. The Balaban J connectivity index is 3.11. The van der Waals surface area contributed by atoms with Gasteiger partial charge in [0, 0.05) is 0 Å². The van der Waals surface area contributed by atoms with Crippen LogP contribution in [0, 0.1) is 17.0 Å². The lowest BCUT2D eigenvalue weighted by Gasteiger charge is -2.21. The van der Waals surface area contributed by atoms with Crippen molar-refractivity contribution in [1.29, 1.82) is 0 Å². The highest BCUT2D eigenvalue weighted by atomic mass is 32.2. The third-order valence-electron chi connectivity index (χ3n) is 2.54. The van der Waals surface area contributed by atoms with E-state index in [2.05, 4.69) is 4.74 Å². The number of sulfone groups is 1. The first-order valence-electron chi connectivity index (χ1n) is 5.36. The summed E-state index contributed by atoms with van der Waals surface area (Å²) in [4.78, 5) is 11.1. The standard InChI is InChI=1S/C12H14F2O4S/c1-12(2,11(15)18-3)7-19(16,17)8-4-5-9(13)10(14)6-8/h4-6H,7H2,1-3H3. The molecule has 0 aliphatic heterocycles. The van der Waals surface area contributed by atoms with E-state index in [0.29, 0.717) is 6.07 Å². The molecule has 7 heteroatoms. The summed E-state index contributed by atoms with van der Waals surface area (Å²) in [5.41, 5.74) is -1.28. The first-order chi connectivity index (χ1) is 8.60. The van der Waals surface area contributed by atoms with Crippen LogP contribution in [-0.4, -0.2) is 27.2 Å². The smallest absolute Gasteiger partial charge is 0.312 e. The summed E-state index contributed by atoms with van der Waals surface area (Å²) in [5.74, 6) is -3.64. The fraction of sp³-hybridized carbons (Fsp3) is 0.417. The van der Waals surface area contributed by atoms with Gasteiger partial charge in [-0.05, 0) is 32.0 Å². The van der Waals surface area contributed by atoms with E-state index >= 15 is 0 Å². The van der Waals surface area contributed by atoms with E-state index in [1.165, 1.54) is 13.8 Å². The Morgan fingerprint density at radius 1 is 1.26 bits per heavy atom. The lowest BCUT2D eigenvalue weighted by molar-refractivity contribution is -0.149. The molecule has 0 atom stereocenters. The average molecular weight is 292 g/mol. The van der Waals surface area contributed by atoms with Gasteiger partial charge in [0.2, 0.25) is 0 Å². The van der Waals surface area contributed by atoms with E-state index in [0.717, 1.165) is 19.2 Å². The third kappa shape index (κ3) is 3.50. The van der Waals surface area contributed by atoms with Gasteiger partial charge in [0.25, 0.3) is 0 Å². The fourth-order valence-electron chi connectivity index (χ4n) is 1.56. The average Bonchev–Trinajstić information content (AvgIpc) is 2.30. The van der Waals surface area contributed by atoms with Crippen LogP contribution in [0.3, 0.4) is 0 Å². The summed E-state index contributed by atoms with van der Waals surface area (Å²) in [6, 6.07) is 2.28. The largest absolute Gasteiger partial charge is 0.469 e. The first kappa shape index (κ1) is 15.6. The van der Waals surface area contributed by atoms with Crippen molar-refractivity contribution >= 4 is 15.8 Å². The third-order valence-corrected chi connectivity index (χ3v) is 4.61. The Bertz CT molecular complexity index is 594. The zero-order chi connectivity index (χ0) is 14.8. The molecule has 0 aliphatic carbocycles. The van der Waals surface area contributed by atoms with Crippen molar-refractivity contribution in [1.82, 2.24) is 0 Å². The molecule has 0 unspecified atom stereocenters. The van der Waals surface area contributed by atoms with Crippen molar-refractivity contribution in [2.75, 3.05) is 12.9 Å². The minimum Gasteiger partial charge on any atom is -0.469 e. The normalized spacial score (nSPS) is 12.3. The quantitative estimate of drug-likeness (QED) is 0.628. The van der Waals surface area contributed by atoms with E-state index in [1.54, 1.807) is 0 Å². The molecule has 1 rings (SSSR count). The molecular formula is C12H14F2O4S. The summed E-state index contributed by atoms with van der Waals surface area (Å²) < 4.78 is 54.4. The molecular weight excluding hydrogens is 278 g/mol. The predicted octanol–water partition coefficient (Wildman–Crippen LogP) is 1.94. The molecule has 106 valence electrons. The van der Waals surface area contributed by atoms with Gasteiger partial charge in [-0.25, -0.2) is 17.2 Å². The molecule has 1 aromatic carbocycles. The number of hydrogen-bond donors (Lipinski definition) is 0. The topological polar surface area (TPSA) is 60.4 Å². The maximum atomic E-state index is 13.0. The zero-order valence-electron chi connectivity index (χ0n) is 10.7. The Labute approximate surface area is 110 Å². The van der Waals surface area contributed by atoms with Crippen LogP contribution in [0.4, 0.5) is 8.78 Å². The van der Waals surface area contributed by atoms with Crippen LogP contribution in [0.5, 0.6) is 0 Å². The monoisotopic (exact) mass is 292 g/mol. The zero-order valence-corrected chi connectivity index (χ0v) is 11.6. The van der Waals surface area contributed by atoms with E-state index in [-0.39, 0.29) is 4.90 Å². The van der Waals surface area contributed by atoms with Crippen LogP contribution in [0.15, 0.2) is 23.1 Å².